The molecule has 1 aromatic carbocycles. The second kappa shape index (κ2) is 12.0. The van der Waals surface area contributed by atoms with Crippen LogP contribution in [-0.4, -0.2) is 28.7 Å². The Hall–Kier alpha value is -2.10. The maximum absolute atomic E-state index is 13.0. The molecule has 2 N–H and O–H groups in total. The number of benzene rings is 1. The maximum Gasteiger partial charge on any atom is 0.188 e. The highest BCUT2D eigenvalue weighted by Gasteiger charge is 2.28. The second-order valence-corrected chi connectivity index (χ2v) is 10.9. The third-order valence-corrected chi connectivity index (χ3v) is 8.35. The van der Waals surface area contributed by atoms with E-state index in [9.17, 15) is 9.90 Å². The number of unbranched alkanes of at least 4 members (excludes halogenated alkanes) is 2. The molecule has 0 radical (unpaired) electrons. The molecular weight excluding hydrogens is 420 g/mol. The van der Waals surface area contributed by atoms with E-state index >= 15 is 0 Å². The zero-order chi connectivity index (χ0) is 23.9. The molecule has 1 aromatic rings. The zero-order valence-corrected chi connectivity index (χ0v) is 21.3. The Bertz CT molecular complexity index is 887. The number of nitrogens with one attached hydrogen (secondary N) is 1. The van der Waals surface area contributed by atoms with Crippen molar-refractivity contribution in [1.82, 2.24) is 0 Å². The summed E-state index contributed by atoms with van der Waals surface area (Å²) >= 11 is 0. The van der Waals surface area contributed by atoms with Gasteiger partial charge in [0.25, 0.3) is 0 Å². The molecule has 3 aliphatic rings. The lowest BCUT2D eigenvalue weighted by Crippen LogP contribution is -2.28. The van der Waals surface area contributed by atoms with Crippen molar-refractivity contribution in [2.24, 2.45) is 16.8 Å². The lowest BCUT2D eigenvalue weighted by atomic mass is 9.82. The van der Waals surface area contributed by atoms with Crippen molar-refractivity contribution in [3.8, 4) is 5.75 Å². The lowest BCUT2D eigenvalue weighted by Gasteiger charge is -2.31. The number of fused-ring (bicyclic) bond motifs is 1. The van der Waals surface area contributed by atoms with Crippen molar-refractivity contribution in [2.75, 3.05) is 5.32 Å². The summed E-state index contributed by atoms with van der Waals surface area (Å²) in [6.45, 7) is 4.53. The Morgan fingerprint density at radius 3 is 2.09 bits per heavy atom. The summed E-state index contributed by atoms with van der Waals surface area (Å²) in [7, 11) is 0. The number of anilines is 1. The van der Waals surface area contributed by atoms with Crippen molar-refractivity contribution in [3.63, 3.8) is 0 Å². The minimum absolute atomic E-state index is 0.0349. The highest BCUT2D eigenvalue weighted by molar-refractivity contribution is 6.27. The van der Waals surface area contributed by atoms with E-state index in [1.54, 1.807) is 12.1 Å². The molecule has 0 aromatic heterocycles. The van der Waals surface area contributed by atoms with Gasteiger partial charge in [0.1, 0.15) is 5.75 Å². The Balaban J connectivity index is 1.46. The first-order valence-corrected chi connectivity index (χ1v) is 14.0. The third-order valence-electron chi connectivity index (χ3n) is 8.35. The van der Waals surface area contributed by atoms with Crippen LogP contribution in [0.4, 0.5) is 5.69 Å². The highest BCUT2D eigenvalue weighted by atomic mass is 16.3. The number of carbonyl (C=O) groups excluding carboxylic acids is 1. The standard InChI is InChI=1S/C30H44N2O2/c1-3-5-7-21-9-13-23(14-10-21)31-25-17-19-28(34)30-26(18-20-27(33)29(25)30)32-24-15-11-22(12-16-24)8-6-4-2/h17-24,31,34H,3-16H2,1-2H3. The van der Waals surface area contributed by atoms with E-state index in [2.05, 4.69) is 19.2 Å². The first-order chi connectivity index (χ1) is 16.6. The van der Waals surface area contributed by atoms with Crippen molar-refractivity contribution in [3.05, 3.63) is 35.4 Å². The van der Waals surface area contributed by atoms with Crippen LogP contribution in [0.25, 0.3) is 0 Å². The minimum atomic E-state index is -0.0349. The van der Waals surface area contributed by atoms with Gasteiger partial charge in [-0.1, -0.05) is 52.4 Å². The van der Waals surface area contributed by atoms with E-state index in [0.717, 1.165) is 48.9 Å². The summed E-state index contributed by atoms with van der Waals surface area (Å²) in [5.41, 5.74) is 2.86. The predicted molar refractivity (Wildman–Crippen MR) is 142 cm³/mol. The van der Waals surface area contributed by atoms with Crippen LogP contribution in [0.3, 0.4) is 0 Å². The predicted octanol–water partition coefficient (Wildman–Crippen LogP) is 7.84. The Morgan fingerprint density at radius 1 is 0.853 bits per heavy atom. The molecule has 34 heavy (non-hydrogen) atoms. The molecule has 0 saturated heterocycles. The highest BCUT2D eigenvalue weighted by Crippen LogP contribution is 2.37. The van der Waals surface area contributed by atoms with E-state index in [1.165, 1.54) is 64.2 Å². The summed E-state index contributed by atoms with van der Waals surface area (Å²) < 4.78 is 0. The van der Waals surface area contributed by atoms with Crippen LogP contribution in [0.2, 0.25) is 0 Å². The summed E-state index contributed by atoms with van der Waals surface area (Å²) in [5, 5.41) is 14.4. The largest absolute Gasteiger partial charge is 0.507 e. The van der Waals surface area contributed by atoms with Crippen LogP contribution in [0.15, 0.2) is 29.3 Å². The molecule has 0 spiro atoms. The third kappa shape index (κ3) is 6.12. The fourth-order valence-electron chi connectivity index (χ4n) is 6.22. The average molecular weight is 465 g/mol. The van der Waals surface area contributed by atoms with Crippen molar-refractivity contribution in [1.29, 1.82) is 0 Å². The number of aliphatic imine (C=N–C) groups is 1. The van der Waals surface area contributed by atoms with Gasteiger partial charge < -0.3 is 10.4 Å². The molecule has 4 rings (SSSR count). The van der Waals surface area contributed by atoms with Crippen LogP contribution in [0, 0.1) is 11.8 Å². The normalized spacial score (nSPS) is 28.2. The first-order valence-electron chi connectivity index (χ1n) is 14.0. The number of phenolic OH excluding ortho intramolecular Hbond substituents is 1. The molecule has 3 aliphatic carbocycles. The molecule has 2 fully saturated rings. The monoisotopic (exact) mass is 464 g/mol. The molecule has 0 aliphatic heterocycles. The molecule has 0 heterocycles. The average Bonchev–Trinajstić information content (AvgIpc) is 2.86. The molecule has 186 valence electrons. The number of rotatable bonds is 9. The van der Waals surface area contributed by atoms with Crippen molar-refractivity contribution < 1.29 is 9.90 Å². The van der Waals surface area contributed by atoms with Gasteiger partial charge in [0.2, 0.25) is 0 Å². The Morgan fingerprint density at radius 2 is 1.47 bits per heavy atom. The topological polar surface area (TPSA) is 61.7 Å². The summed E-state index contributed by atoms with van der Waals surface area (Å²) in [5.74, 6) is 1.82. The summed E-state index contributed by atoms with van der Waals surface area (Å²) in [4.78, 5) is 18.0. The first kappa shape index (κ1) is 25.0. The fourth-order valence-corrected chi connectivity index (χ4v) is 6.22. The zero-order valence-electron chi connectivity index (χ0n) is 21.3. The molecule has 0 amide bonds. The van der Waals surface area contributed by atoms with Crippen LogP contribution < -0.4 is 5.32 Å². The maximum atomic E-state index is 13.0. The molecule has 0 atom stereocenters. The fraction of sp³-hybridized carbons (Fsp3) is 0.667. The van der Waals surface area contributed by atoms with Gasteiger partial charge in [-0.2, -0.15) is 0 Å². The smallest absolute Gasteiger partial charge is 0.188 e. The van der Waals surface area contributed by atoms with Gasteiger partial charge in [0, 0.05) is 11.7 Å². The van der Waals surface area contributed by atoms with Crippen molar-refractivity contribution >= 4 is 17.2 Å². The number of hydrogen-bond donors (Lipinski definition) is 2. The van der Waals surface area contributed by atoms with Gasteiger partial charge in [-0.25, -0.2) is 0 Å². The number of ketones is 1. The van der Waals surface area contributed by atoms with E-state index < -0.39 is 0 Å². The van der Waals surface area contributed by atoms with E-state index in [1.807, 2.05) is 12.1 Å². The molecule has 0 bridgehead atoms. The minimum Gasteiger partial charge on any atom is -0.507 e. The van der Waals surface area contributed by atoms with Gasteiger partial charge in [-0.3, -0.25) is 9.79 Å². The van der Waals surface area contributed by atoms with Crippen LogP contribution >= 0.6 is 0 Å². The van der Waals surface area contributed by atoms with Gasteiger partial charge >= 0.3 is 0 Å². The number of nitrogens with zero attached hydrogens (tertiary/aromatic N) is 1. The summed E-state index contributed by atoms with van der Waals surface area (Å²) in [6.07, 6.45) is 20.9. The van der Waals surface area contributed by atoms with Gasteiger partial charge in [0.15, 0.2) is 5.78 Å². The second-order valence-electron chi connectivity index (χ2n) is 10.9. The molecule has 0 unspecified atom stereocenters. The Kier molecular flexibility index (Phi) is 8.86. The number of allylic oxidation sites excluding steroid dienone is 2. The van der Waals surface area contributed by atoms with Crippen LogP contribution in [0.1, 0.15) is 120 Å². The number of carbonyl (C=O) groups is 1. The SMILES string of the molecule is CCCCC1CCC(N=C2C=CC(=O)c3c(NC4CCC(CCCC)CC4)ccc(O)c32)CC1. The molecule has 4 heteroatoms. The number of hydrogen-bond acceptors (Lipinski definition) is 4. The van der Waals surface area contributed by atoms with Gasteiger partial charge in [-0.15, -0.1) is 0 Å². The Labute approximate surface area is 206 Å². The molecule has 4 nitrogen and oxygen atoms in total. The van der Waals surface area contributed by atoms with Gasteiger partial charge in [0.05, 0.1) is 22.9 Å². The molecular formula is C30H44N2O2. The van der Waals surface area contributed by atoms with Crippen LogP contribution in [-0.2, 0) is 0 Å². The number of phenols is 1. The lowest BCUT2D eigenvalue weighted by molar-refractivity contribution is 0.104. The van der Waals surface area contributed by atoms with E-state index in [4.69, 9.17) is 4.99 Å². The van der Waals surface area contributed by atoms with E-state index in [-0.39, 0.29) is 17.6 Å². The van der Waals surface area contributed by atoms with E-state index in [0.29, 0.717) is 17.2 Å². The molecule has 2 saturated carbocycles. The quantitative estimate of drug-likeness (QED) is 0.366. The number of aromatic hydroxyl groups is 1. The van der Waals surface area contributed by atoms with Crippen LogP contribution in [0.5, 0.6) is 5.75 Å². The van der Waals surface area contributed by atoms with Crippen molar-refractivity contribution in [2.45, 2.75) is 116 Å². The van der Waals surface area contributed by atoms with Gasteiger partial charge in [-0.05, 0) is 87.5 Å². The summed E-state index contributed by atoms with van der Waals surface area (Å²) in [6, 6.07) is 4.29.